The van der Waals surface area contributed by atoms with Crippen molar-refractivity contribution in [2.75, 3.05) is 20.4 Å². The minimum atomic E-state index is -2.65. The molecule has 11 heteroatoms. The molecular formula is C33H28Cl2N3O4PS. The van der Waals surface area contributed by atoms with E-state index in [9.17, 15) is 9.59 Å². The molecule has 4 aromatic carbocycles. The zero-order valence-electron chi connectivity index (χ0n) is 23.7. The van der Waals surface area contributed by atoms with Gasteiger partial charge < -0.3 is 9.47 Å². The van der Waals surface area contributed by atoms with E-state index in [0.717, 1.165) is 22.3 Å². The van der Waals surface area contributed by atoms with Crippen LogP contribution in [0.1, 0.15) is 22.3 Å². The Kier molecular flexibility index (Phi) is 10.2. The van der Waals surface area contributed by atoms with E-state index in [1.165, 1.54) is 9.68 Å². The highest BCUT2D eigenvalue weighted by atomic mass is 35.9. The average molecular weight is 665 g/mol. The summed E-state index contributed by atoms with van der Waals surface area (Å²) < 4.78 is 12.8. The van der Waals surface area contributed by atoms with E-state index in [0.29, 0.717) is 29.1 Å². The van der Waals surface area contributed by atoms with Crippen molar-refractivity contribution in [3.63, 3.8) is 0 Å². The number of imide groups is 1. The van der Waals surface area contributed by atoms with E-state index in [1.807, 2.05) is 97.1 Å². The van der Waals surface area contributed by atoms with E-state index in [-0.39, 0.29) is 25.2 Å². The van der Waals surface area contributed by atoms with E-state index in [2.05, 4.69) is 5.10 Å². The van der Waals surface area contributed by atoms with Crippen LogP contribution < -0.4 is 9.47 Å². The van der Waals surface area contributed by atoms with Crippen LogP contribution in [0.15, 0.2) is 114 Å². The highest BCUT2D eigenvalue weighted by molar-refractivity contribution is 8.37. The molecule has 0 atom stereocenters. The van der Waals surface area contributed by atoms with Crippen molar-refractivity contribution in [3.8, 4) is 11.5 Å². The quantitative estimate of drug-likeness (QED) is 0.0511. The molecule has 7 nitrogen and oxygen atoms in total. The lowest BCUT2D eigenvalue weighted by Crippen LogP contribution is -2.33. The van der Waals surface area contributed by atoms with Gasteiger partial charge in [-0.05, 0) is 99.4 Å². The molecule has 0 saturated carbocycles. The Bertz CT molecular complexity index is 1670. The standard InChI is InChI=1S/C33H28Cl2N3O4PS/c1-37(43(34,35)44)36-22-25-14-18-29(19-15-25)42-23-41-28-16-12-24(13-17-28)20-21-38-32(39)30(26-8-4-2-5-9-26)31(33(38)40)27-10-6-3-7-11-27/h2-19,22H,20-21,23H2,1H3/b36-22-. The highest BCUT2D eigenvalue weighted by Crippen LogP contribution is 2.59. The third-order valence-corrected chi connectivity index (χ3v) is 9.68. The molecular weight excluding hydrogens is 636 g/mol. The Hall–Kier alpha value is -3.94. The summed E-state index contributed by atoms with van der Waals surface area (Å²) in [6, 6.07) is 33.4. The second kappa shape index (κ2) is 14.2. The van der Waals surface area contributed by atoms with Gasteiger partial charge in [-0.1, -0.05) is 72.8 Å². The first kappa shape index (κ1) is 31.5. The molecule has 0 aromatic heterocycles. The topological polar surface area (TPSA) is 71.4 Å². The third kappa shape index (κ3) is 7.76. The van der Waals surface area contributed by atoms with Crippen molar-refractivity contribution in [1.82, 2.24) is 9.68 Å². The molecule has 2 amide bonds. The molecule has 1 aliphatic rings. The Labute approximate surface area is 270 Å². The van der Waals surface area contributed by atoms with Gasteiger partial charge in [-0.3, -0.25) is 14.5 Å². The van der Waals surface area contributed by atoms with Gasteiger partial charge in [-0.15, -0.1) is 0 Å². The lowest BCUT2D eigenvalue weighted by Gasteiger charge is -2.16. The van der Waals surface area contributed by atoms with E-state index in [4.69, 9.17) is 43.8 Å². The first-order chi connectivity index (χ1) is 21.2. The SMILES string of the molecule is CN(/N=C\c1ccc(OCOc2ccc(CCN3C(=O)C(c4ccccc4)=C(c4ccccc4)C3=O)cc2)cc1)P(=S)(Cl)Cl. The molecule has 1 aliphatic heterocycles. The number of hydrogen-bond acceptors (Lipinski definition) is 6. The number of halogens is 2. The van der Waals surface area contributed by atoms with Gasteiger partial charge in [-0.25, -0.2) is 4.78 Å². The van der Waals surface area contributed by atoms with Crippen LogP contribution in [0.2, 0.25) is 0 Å². The van der Waals surface area contributed by atoms with E-state index in [1.54, 1.807) is 25.4 Å². The molecule has 0 bridgehead atoms. The molecule has 0 radical (unpaired) electrons. The molecule has 224 valence electrons. The summed E-state index contributed by atoms with van der Waals surface area (Å²) in [5.74, 6) is 0.696. The van der Waals surface area contributed by atoms with Crippen molar-refractivity contribution in [1.29, 1.82) is 0 Å². The maximum absolute atomic E-state index is 13.5. The van der Waals surface area contributed by atoms with Gasteiger partial charge >= 0.3 is 0 Å². The summed E-state index contributed by atoms with van der Waals surface area (Å²) in [6.45, 7) is 0.280. The predicted molar refractivity (Wildman–Crippen MR) is 180 cm³/mol. The number of rotatable bonds is 12. The molecule has 0 unspecified atom stereocenters. The molecule has 5 rings (SSSR count). The fraction of sp³-hybridized carbons (Fsp3) is 0.121. The number of hydrazone groups is 1. The molecule has 0 N–H and O–H groups in total. The number of carbonyl (C=O) groups is 2. The number of carbonyl (C=O) groups excluding carboxylic acids is 2. The van der Waals surface area contributed by atoms with E-state index >= 15 is 0 Å². The lowest BCUT2D eigenvalue weighted by atomic mass is 9.96. The highest BCUT2D eigenvalue weighted by Gasteiger charge is 2.39. The summed E-state index contributed by atoms with van der Waals surface area (Å²) >= 11 is 16.9. The Morgan fingerprint density at radius 1 is 0.773 bits per heavy atom. The molecule has 1 heterocycles. The fourth-order valence-corrected chi connectivity index (χ4v) is 5.08. The zero-order chi connectivity index (χ0) is 31.1. The minimum absolute atomic E-state index is 0.0178. The predicted octanol–water partition coefficient (Wildman–Crippen LogP) is 7.59. The van der Waals surface area contributed by atoms with Crippen LogP contribution >= 0.6 is 27.4 Å². The molecule has 4 aromatic rings. The van der Waals surface area contributed by atoms with Gasteiger partial charge in [0.15, 0.2) is 0 Å². The molecule has 0 spiro atoms. The average Bonchev–Trinajstić information content (AvgIpc) is 3.29. The number of benzene rings is 4. The Balaban J connectivity index is 1.15. The van der Waals surface area contributed by atoms with Crippen LogP contribution in [0.25, 0.3) is 11.1 Å². The fourth-order valence-electron chi connectivity index (χ4n) is 4.54. The van der Waals surface area contributed by atoms with Crippen molar-refractivity contribution < 1.29 is 19.1 Å². The van der Waals surface area contributed by atoms with Crippen molar-refractivity contribution in [2.24, 2.45) is 5.10 Å². The maximum Gasteiger partial charge on any atom is 0.262 e. The van der Waals surface area contributed by atoms with Crippen molar-refractivity contribution >= 4 is 68.4 Å². The summed E-state index contributed by atoms with van der Waals surface area (Å²) in [7, 11) is 1.63. The van der Waals surface area contributed by atoms with Gasteiger partial charge in [0.05, 0.1) is 17.4 Å². The number of nitrogens with zero attached hydrogens (tertiary/aromatic N) is 3. The van der Waals surface area contributed by atoms with Crippen molar-refractivity contribution in [2.45, 2.75) is 6.42 Å². The first-order valence-electron chi connectivity index (χ1n) is 13.6. The number of ether oxygens (including phenoxy) is 2. The first-order valence-corrected chi connectivity index (χ1v) is 18.2. The summed E-state index contributed by atoms with van der Waals surface area (Å²) in [5, 5.41) is 4.16. The van der Waals surface area contributed by atoms with Crippen LogP contribution in [0.3, 0.4) is 0 Å². The van der Waals surface area contributed by atoms with Crippen LogP contribution in [-0.2, 0) is 27.8 Å². The number of hydrogen-bond donors (Lipinski definition) is 0. The van der Waals surface area contributed by atoms with Crippen LogP contribution in [0.4, 0.5) is 0 Å². The molecule has 44 heavy (non-hydrogen) atoms. The largest absolute Gasteiger partial charge is 0.458 e. The monoisotopic (exact) mass is 663 g/mol. The molecule has 0 fully saturated rings. The van der Waals surface area contributed by atoms with Crippen LogP contribution in [0, 0.1) is 0 Å². The summed E-state index contributed by atoms with van der Waals surface area (Å²) in [6.07, 6.45) is 2.12. The Morgan fingerprint density at radius 2 is 1.25 bits per heavy atom. The normalized spacial score (nSPS) is 13.6. The smallest absolute Gasteiger partial charge is 0.262 e. The zero-order valence-corrected chi connectivity index (χ0v) is 26.9. The van der Waals surface area contributed by atoms with Gasteiger partial charge in [-0.2, -0.15) is 5.10 Å². The second-order valence-electron chi connectivity index (χ2n) is 9.78. The summed E-state index contributed by atoms with van der Waals surface area (Å²) in [5.41, 5.74) is 4.12. The summed E-state index contributed by atoms with van der Waals surface area (Å²) in [4.78, 5) is 25.7. The van der Waals surface area contributed by atoms with Crippen LogP contribution in [-0.4, -0.2) is 48.1 Å². The van der Waals surface area contributed by atoms with Crippen LogP contribution in [0.5, 0.6) is 11.5 Å². The second-order valence-corrected chi connectivity index (χ2v) is 17.5. The third-order valence-electron chi connectivity index (χ3n) is 6.88. The molecule has 0 saturated heterocycles. The lowest BCUT2D eigenvalue weighted by molar-refractivity contribution is -0.135. The molecule has 0 aliphatic carbocycles. The van der Waals surface area contributed by atoms with Gasteiger partial charge in [0.2, 0.25) is 11.7 Å². The van der Waals surface area contributed by atoms with Gasteiger partial charge in [0, 0.05) is 13.6 Å². The van der Waals surface area contributed by atoms with E-state index < -0.39 is 4.89 Å². The maximum atomic E-state index is 13.5. The number of amides is 2. The van der Waals surface area contributed by atoms with Gasteiger partial charge in [0.1, 0.15) is 11.5 Å². The van der Waals surface area contributed by atoms with Crippen molar-refractivity contribution in [3.05, 3.63) is 131 Å². The minimum Gasteiger partial charge on any atom is -0.458 e. The van der Waals surface area contributed by atoms with Gasteiger partial charge in [0.25, 0.3) is 11.8 Å². The Morgan fingerprint density at radius 3 is 1.73 bits per heavy atom.